The van der Waals surface area contributed by atoms with E-state index in [1.54, 1.807) is 6.20 Å². The van der Waals surface area contributed by atoms with Gasteiger partial charge < -0.3 is 10.8 Å². The second-order valence-corrected chi connectivity index (χ2v) is 5.66. The van der Waals surface area contributed by atoms with Crippen molar-refractivity contribution in [1.29, 1.82) is 0 Å². The van der Waals surface area contributed by atoms with E-state index in [0.717, 1.165) is 24.2 Å². The molecule has 0 saturated heterocycles. The molecular weight excluding hydrogens is 312 g/mol. The molecular formula is C12H13BrN4O2. The number of nitrogens with two attached hydrogens (primary N) is 1. The fourth-order valence-electron chi connectivity index (χ4n) is 2.49. The normalized spacial score (nSPS) is 21.7. The average Bonchev–Trinajstić information content (AvgIpc) is 2.95. The third-order valence-electron chi connectivity index (χ3n) is 3.56. The summed E-state index contributed by atoms with van der Waals surface area (Å²) in [5.74, 6) is 1.29. The summed E-state index contributed by atoms with van der Waals surface area (Å²) in [5, 5.41) is 8.77. The minimum Gasteiger partial charge on any atom is -0.481 e. The van der Waals surface area contributed by atoms with Crippen molar-refractivity contribution in [2.45, 2.75) is 19.3 Å². The largest absolute Gasteiger partial charge is 0.481 e. The van der Waals surface area contributed by atoms with Gasteiger partial charge in [-0.3, -0.25) is 9.20 Å². The van der Waals surface area contributed by atoms with E-state index in [1.165, 1.54) is 0 Å². The number of carboxylic acids is 1. The van der Waals surface area contributed by atoms with Crippen LogP contribution in [-0.2, 0) is 11.2 Å². The van der Waals surface area contributed by atoms with Gasteiger partial charge in [-0.05, 0) is 34.2 Å². The molecule has 1 fully saturated rings. The topological polar surface area (TPSA) is 93.5 Å². The smallest absolute Gasteiger partial charge is 0.303 e. The Hall–Kier alpha value is -1.63. The molecule has 2 atom stereocenters. The van der Waals surface area contributed by atoms with E-state index in [1.807, 2.05) is 10.6 Å². The zero-order chi connectivity index (χ0) is 13.6. The fraction of sp³-hybridized carbons (Fsp3) is 0.417. The van der Waals surface area contributed by atoms with E-state index in [0.29, 0.717) is 16.3 Å². The van der Waals surface area contributed by atoms with E-state index in [-0.39, 0.29) is 12.3 Å². The fourth-order valence-corrected chi connectivity index (χ4v) is 3.09. The lowest BCUT2D eigenvalue weighted by molar-refractivity contribution is -0.137. The predicted octanol–water partition coefficient (Wildman–Crippen LogP) is 1.73. The Balaban J connectivity index is 1.83. The Morgan fingerprint density at radius 3 is 3.11 bits per heavy atom. The van der Waals surface area contributed by atoms with E-state index >= 15 is 0 Å². The summed E-state index contributed by atoms with van der Waals surface area (Å²) in [6.45, 7) is 0. The van der Waals surface area contributed by atoms with Gasteiger partial charge in [-0.1, -0.05) is 0 Å². The number of aromatic nitrogens is 3. The molecule has 6 nitrogen and oxygen atoms in total. The maximum absolute atomic E-state index is 10.7. The highest BCUT2D eigenvalue weighted by atomic mass is 79.9. The molecule has 0 amide bonds. The van der Waals surface area contributed by atoms with Gasteiger partial charge in [0.25, 0.3) is 0 Å². The zero-order valence-corrected chi connectivity index (χ0v) is 11.7. The van der Waals surface area contributed by atoms with Crippen LogP contribution in [0.1, 0.15) is 18.7 Å². The van der Waals surface area contributed by atoms with E-state index in [9.17, 15) is 4.79 Å². The number of nitrogen functional groups attached to an aromatic ring is 1. The molecule has 2 unspecified atom stereocenters. The van der Waals surface area contributed by atoms with Gasteiger partial charge in [-0.2, -0.15) is 0 Å². The molecule has 0 aliphatic heterocycles. The first-order valence-electron chi connectivity index (χ1n) is 6.05. The number of halogens is 1. The third-order valence-corrected chi connectivity index (χ3v) is 4.12. The first kappa shape index (κ1) is 12.4. The van der Waals surface area contributed by atoms with Gasteiger partial charge in [0.1, 0.15) is 15.9 Å². The number of rotatable bonds is 4. The SMILES string of the molecule is Nc1nccn2c(CC3CC3CC(=O)O)nc(Br)c12. The number of carbonyl (C=O) groups is 1. The Bertz CT molecular complexity index is 654. The van der Waals surface area contributed by atoms with Gasteiger partial charge in [0.15, 0.2) is 5.82 Å². The Morgan fingerprint density at radius 1 is 1.58 bits per heavy atom. The van der Waals surface area contributed by atoms with Crippen molar-refractivity contribution >= 4 is 33.2 Å². The van der Waals surface area contributed by atoms with Gasteiger partial charge in [0.2, 0.25) is 0 Å². The monoisotopic (exact) mass is 324 g/mol. The molecule has 2 aromatic heterocycles. The van der Waals surface area contributed by atoms with Crippen LogP contribution in [0.15, 0.2) is 17.0 Å². The molecule has 1 aliphatic carbocycles. The van der Waals surface area contributed by atoms with E-state index in [2.05, 4.69) is 25.9 Å². The highest BCUT2D eigenvalue weighted by Gasteiger charge is 2.39. The van der Waals surface area contributed by atoms with Crippen molar-refractivity contribution in [3.8, 4) is 0 Å². The summed E-state index contributed by atoms with van der Waals surface area (Å²) in [7, 11) is 0. The number of hydrogen-bond donors (Lipinski definition) is 2. The molecule has 3 N–H and O–H groups in total. The number of carboxylic acid groups (broad SMARTS) is 1. The summed E-state index contributed by atoms with van der Waals surface area (Å²) in [4.78, 5) is 19.2. The summed E-state index contributed by atoms with van der Waals surface area (Å²) < 4.78 is 2.60. The lowest BCUT2D eigenvalue weighted by Gasteiger charge is -2.01. The minimum absolute atomic E-state index is 0.249. The highest BCUT2D eigenvalue weighted by Crippen LogP contribution is 2.43. The molecule has 0 aromatic carbocycles. The van der Waals surface area contributed by atoms with Crippen molar-refractivity contribution in [3.63, 3.8) is 0 Å². The van der Waals surface area contributed by atoms with Crippen molar-refractivity contribution in [3.05, 3.63) is 22.8 Å². The molecule has 0 spiro atoms. The first-order valence-corrected chi connectivity index (χ1v) is 6.84. The van der Waals surface area contributed by atoms with Crippen LogP contribution in [-0.4, -0.2) is 25.4 Å². The van der Waals surface area contributed by atoms with Crippen molar-refractivity contribution in [2.24, 2.45) is 11.8 Å². The predicted molar refractivity (Wildman–Crippen MR) is 72.7 cm³/mol. The van der Waals surface area contributed by atoms with E-state index < -0.39 is 5.97 Å². The van der Waals surface area contributed by atoms with E-state index in [4.69, 9.17) is 10.8 Å². The molecule has 2 aromatic rings. The second kappa shape index (κ2) is 4.48. The Kier molecular flexibility index (Phi) is 2.93. The molecule has 100 valence electrons. The maximum Gasteiger partial charge on any atom is 0.303 e. The summed E-state index contributed by atoms with van der Waals surface area (Å²) in [6, 6.07) is 0. The molecule has 7 heteroatoms. The zero-order valence-electron chi connectivity index (χ0n) is 10.1. The van der Waals surface area contributed by atoms with Gasteiger partial charge >= 0.3 is 5.97 Å². The molecule has 1 aliphatic rings. The number of fused-ring (bicyclic) bond motifs is 1. The number of aliphatic carboxylic acids is 1. The van der Waals surface area contributed by atoms with Crippen LogP contribution in [0.5, 0.6) is 0 Å². The molecule has 19 heavy (non-hydrogen) atoms. The molecule has 1 saturated carbocycles. The Labute approximate surface area is 117 Å². The van der Waals surface area contributed by atoms with Crippen LogP contribution in [0.2, 0.25) is 0 Å². The number of imidazole rings is 1. The number of nitrogens with zero attached hydrogens (tertiary/aromatic N) is 3. The van der Waals surface area contributed by atoms with Crippen molar-refractivity contribution < 1.29 is 9.90 Å². The highest BCUT2D eigenvalue weighted by molar-refractivity contribution is 9.10. The van der Waals surface area contributed by atoms with Crippen LogP contribution in [0.4, 0.5) is 5.82 Å². The molecule has 0 bridgehead atoms. The van der Waals surface area contributed by atoms with Crippen LogP contribution < -0.4 is 5.73 Å². The van der Waals surface area contributed by atoms with Gasteiger partial charge in [0.05, 0.1) is 0 Å². The first-order chi connectivity index (χ1) is 9.06. The number of hydrogen-bond acceptors (Lipinski definition) is 4. The molecule has 3 rings (SSSR count). The summed E-state index contributed by atoms with van der Waals surface area (Å²) in [6.07, 6.45) is 5.45. The van der Waals surface area contributed by atoms with Crippen molar-refractivity contribution in [1.82, 2.24) is 14.4 Å². The van der Waals surface area contributed by atoms with Gasteiger partial charge in [-0.15, -0.1) is 0 Å². The number of anilines is 1. The van der Waals surface area contributed by atoms with Crippen LogP contribution >= 0.6 is 15.9 Å². The van der Waals surface area contributed by atoms with Gasteiger partial charge in [0, 0.05) is 25.2 Å². The molecule has 0 radical (unpaired) electrons. The lowest BCUT2D eigenvalue weighted by Crippen LogP contribution is -2.02. The quantitative estimate of drug-likeness (QED) is 0.893. The third kappa shape index (κ3) is 2.30. The van der Waals surface area contributed by atoms with Crippen LogP contribution in [0.3, 0.4) is 0 Å². The van der Waals surface area contributed by atoms with Crippen molar-refractivity contribution in [2.75, 3.05) is 5.73 Å². The van der Waals surface area contributed by atoms with Crippen LogP contribution in [0, 0.1) is 11.8 Å². The lowest BCUT2D eigenvalue weighted by atomic mass is 10.2. The average molecular weight is 325 g/mol. The Morgan fingerprint density at radius 2 is 2.37 bits per heavy atom. The maximum atomic E-state index is 10.7. The molecule has 2 heterocycles. The summed E-state index contributed by atoms with van der Waals surface area (Å²) in [5.41, 5.74) is 6.60. The van der Waals surface area contributed by atoms with Gasteiger partial charge in [-0.25, -0.2) is 9.97 Å². The minimum atomic E-state index is -0.727. The summed E-state index contributed by atoms with van der Waals surface area (Å²) >= 11 is 3.39. The standard InChI is InChI=1S/C12H13BrN4O2/c13-11-10-12(14)15-1-2-17(10)8(16-11)4-6-3-7(6)5-9(18)19/h1-2,6-7H,3-5H2,(H2,14,15)(H,18,19). The second-order valence-electron chi connectivity index (χ2n) is 4.91. The van der Waals surface area contributed by atoms with Crippen LogP contribution in [0.25, 0.3) is 5.52 Å².